The van der Waals surface area contributed by atoms with Crippen molar-refractivity contribution in [3.8, 4) is 11.3 Å². The molecule has 2 aromatic carbocycles. The van der Waals surface area contributed by atoms with Gasteiger partial charge in [-0.05, 0) is 25.1 Å². The van der Waals surface area contributed by atoms with E-state index in [2.05, 4.69) is 15.3 Å². The molecule has 0 aliphatic heterocycles. The van der Waals surface area contributed by atoms with Gasteiger partial charge in [0.05, 0.1) is 16.9 Å². The highest BCUT2D eigenvalue weighted by Crippen LogP contribution is 2.35. The molecule has 0 unspecified atom stereocenters. The summed E-state index contributed by atoms with van der Waals surface area (Å²) >= 11 is 0. The highest BCUT2D eigenvalue weighted by Gasteiger charge is 2.33. The molecule has 0 spiro atoms. The van der Waals surface area contributed by atoms with Gasteiger partial charge in [-0.25, -0.2) is 4.98 Å². The molecule has 0 aliphatic rings. The number of halogens is 3. The summed E-state index contributed by atoms with van der Waals surface area (Å²) in [7, 11) is 0. The normalized spacial score (nSPS) is 11.4. The van der Waals surface area contributed by atoms with Crippen LogP contribution in [0.4, 0.5) is 24.8 Å². The minimum absolute atomic E-state index is 0.0549. The number of hydrogen-bond donors (Lipinski definition) is 2. The van der Waals surface area contributed by atoms with Crippen LogP contribution in [0.1, 0.15) is 11.1 Å². The monoisotopic (exact) mass is 345 g/mol. The van der Waals surface area contributed by atoms with Crippen LogP contribution < -0.4 is 10.9 Å². The molecule has 25 heavy (non-hydrogen) atoms. The molecule has 7 heteroatoms. The maximum absolute atomic E-state index is 13.1. The standard InChI is InChI=1S/C18H14F3N3O/c1-11-5-4-6-12(9-11)15-10-16(25)24-17(23-15)22-14-8-3-2-7-13(14)18(19,20)21/h2-10H,1H3,(H2,22,23,24,25). The molecule has 0 saturated heterocycles. The first-order valence-electron chi connectivity index (χ1n) is 7.44. The number of para-hydroxylation sites is 1. The van der Waals surface area contributed by atoms with Crippen molar-refractivity contribution in [3.05, 3.63) is 76.1 Å². The lowest BCUT2D eigenvalue weighted by molar-refractivity contribution is -0.136. The smallest absolute Gasteiger partial charge is 0.325 e. The van der Waals surface area contributed by atoms with E-state index >= 15 is 0 Å². The minimum Gasteiger partial charge on any atom is -0.325 e. The van der Waals surface area contributed by atoms with Crippen molar-refractivity contribution in [2.75, 3.05) is 5.32 Å². The molecule has 0 saturated carbocycles. The fraction of sp³-hybridized carbons (Fsp3) is 0.111. The Labute approximate surface area is 141 Å². The number of hydrogen-bond acceptors (Lipinski definition) is 3. The first kappa shape index (κ1) is 16.8. The zero-order valence-electron chi connectivity index (χ0n) is 13.2. The summed E-state index contributed by atoms with van der Waals surface area (Å²) in [5.74, 6) is -0.0549. The summed E-state index contributed by atoms with van der Waals surface area (Å²) in [5, 5.41) is 2.56. The summed E-state index contributed by atoms with van der Waals surface area (Å²) in [6.45, 7) is 1.90. The van der Waals surface area contributed by atoms with Gasteiger partial charge in [0.15, 0.2) is 0 Å². The first-order chi connectivity index (χ1) is 11.8. The molecule has 0 bridgehead atoms. The fourth-order valence-corrected chi connectivity index (χ4v) is 2.44. The van der Waals surface area contributed by atoms with E-state index < -0.39 is 17.3 Å². The van der Waals surface area contributed by atoms with Crippen LogP contribution in [0.2, 0.25) is 0 Å². The highest BCUT2D eigenvalue weighted by molar-refractivity contribution is 5.64. The Morgan fingerprint density at radius 2 is 1.80 bits per heavy atom. The molecular weight excluding hydrogens is 331 g/mol. The number of aromatic amines is 1. The van der Waals surface area contributed by atoms with E-state index in [1.807, 2.05) is 25.1 Å². The number of anilines is 2. The molecule has 128 valence electrons. The van der Waals surface area contributed by atoms with E-state index in [0.29, 0.717) is 11.3 Å². The van der Waals surface area contributed by atoms with E-state index in [4.69, 9.17) is 0 Å². The van der Waals surface area contributed by atoms with Crippen LogP contribution in [0.25, 0.3) is 11.3 Å². The summed E-state index contributed by atoms with van der Waals surface area (Å²) in [6, 6.07) is 13.7. The Morgan fingerprint density at radius 3 is 2.52 bits per heavy atom. The van der Waals surface area contributed by atoms with Gasteiger partial charge in [-0.3, -0.25) is 9.78 Å². The van der Waals surface area contributed by atoms with E-state index in [-0.39, 0.29) is 11.6 Å². The summed E-state index contributed by atoms with van der Waals surface area (Å²) in [5.41, 5.74) is 0.589. The van der Waals surface area contributed by atoms with Gasteiger partial charge in [0.2, 0.25) is 5.95 Å². The minimum atomic E-state index is -4.52. The third-order valence-electron chi connectivity index (χ3n) is 3.54. The molecule has 3 aromatic rings. The second kappa shape index (κ2) is 6.43. The number of alkyl halides is 3. The Hall–Kier alpha value is -3.09. The van der Waals surface area contributed by atoms with E-state index in [0.717, 1.165) is 11.6 Å². The van der Waals surface area contributed by atoms with Gasteiger partial charge in [-0.1, -0.05) is 35.9 Å². The van der Waals surface area contributed by atoms with Crippen molar-refractivity contribution >= 4 is 11.6 Å². The maximum Gasteiger partial charge on any atom is 0.418 e. The van der Waals surface area contributed by atoms with Gasteiger partial charge in [0.25, 0.3) is 5.56 Å². The quantitative estimate of drug-likeness (QED) is 0.734. The summed E-state index contributed by atoms with van der Waals surface area (Å²) < 4.78 is 39.3. The van der Waals surface area contributed by atoms with Crippen LogP contribution in [-0.2, 0) is 6.18 Å². The van der Waals surface area contributed by atoms with Crippen LogP contribution in [0.5, 0.6) is 0 Å². The topological polar surface area (TPSA) is 57.8 Å². The van der Waals surface area contributed by atoms with Crippen LogP contribution in [0, 0.1) is 6.92 Å². The Balaban J connectivity index is 2.02. The van der Waals surface area contributed by atoms with Gasteiger partial charge < -0.3 is 5.32 Å². The molecule has 0 radical (unpaired) electrons. The zero-order valence-corrected chi connectivity index (χ0v) is 13.2. The number of nitrogens with one attached hydrogen (secondary N) is 2. The second-order valence-electron chi connectivity index (χ2n) is 5.52. The van der Waals surface area contributed by atoms with Gasteiger partial charge >= 0.3 is 6.18 Å². The lowest BCUT2D eigenvalue weighted by Crippen LogP contribution is -2.13. The van der Waals surface area contributed by atoms with Crippen molar-refractivity contribution < 1.29 is 13.2 Å². The number of H-pyrrole nitrogens is 1. The van der Waals surface area contributed by atoms with Gasteiger partial charge in [-0.15, -0.1) is 0 Å². The molecule has 0 amide bonds. The molecular formula is C18H14F3N3O. The number of rotatable bonds is 3. The van der Waals surface area contributed by atoms with Crippen molar-refractivity contribution in [1.82, 2.24) is 9.97 Å². The predicted molar refractivity (Wildman–Crippen MR) is 89.8 cm³/mol. The lowest BCUT2D eigenvalue weighted by Gasteiger charge is -2.14. The molecule has 0 fully saturated rings. The molecule has 4 nitrogen and oxygen atoms in total. The Bertz CT molecular complexity index is 964. The van der Waals surface area contributed by atoms with Crippen molar-refractivity contribution in [2.45, 2.75) is 13.1 Å². The van der Waals surface area contributed by atoms with Gasteiger partial charge in [0.1, 0.15) is 0 Å². The van der Waals surface area contributed by atoms with E-state index in [9.17, 15) is 18.0 Å². The zero-order chi connectivity index (χ0) is 18.0. The van der Waals surface area contributed by atoms with Crippen molar-refractivity contribution in [3.63, 3.8) is 0 Å². The molecule has 0 aliphatic carbocycles. The average Bonchev–Trinajstić information content (AvgIpc) is 2.54. The van der Waals surface area contributed by atoms with Crippen molar-refractivity contribution in [1.29, 1.82) is 0 Å². The Kier molecular flexibility index (Phi) is 4.31. The molecule has 0 atom stereocenters. The third kappa shape index (κ3) is 3.88. The molecule has 1 heterocycles. The van der Waals surface area contributed by atoms with Crippen LogP contribution in [0.3, 0.4) is 0 Å². The van der Waals surface area contributed by atoms with Gasteiger partial charge in [-0.2, -0.15) is 13.2 Å². The third-order valence-corrected chi connectivity index (χ3v) is 3.54. The fourth-order valence-electron chi connectivity index (χ4n) is 2.44. The van der Waals surface area contributed by atoms with E-state index in [1.54, 1.807) is 6.07 Å². The van der Waals surface area contributed by atoms with Crippen LogP contribution in [-0.4, -0.2) is 9.97 Å². The SMILES string of the molecule is Cc1cccc(-c2cc(=O)[nH]c(Nc3ccccc3C(F)(F)F)n2)c1. The highest BCUT2D eigenvalue weighted by atomic mass is 19.4. The summed E-state index contributed by atoms with van der Waals surface area (Å²) in [6.07, 6.45) is -4.52. The second-order valence-corrected chi connectivity index (χ2v) is 5.52. The molecule has 2 N–H and O–H groups in total. The lowest BCUT2D eigenvalue weighted by atomic mass is 10.1. The van der Waals surface area contributed by atoms with Gasteiger partial charge in [0, 0.05) is 11.6 Å². The average molecular weight is 345 g/mol. The summed E-state index contributed by atoms with van der Waals surface area (Å²) in [4.78, 5) is 18.5. The largest absolute Gasteiger partial charge is 0.418 e. The molecule has 1 aromatic heterocycles. The maximum atomic E-state index is 13.1. The van der Waals surface area contributed by atoms with Crippen molar-refractivity contribution in [2.24, 2.45) is 0 Å². The number of aromatic nitrogens is 2. The number of aryl methyl sites for hydroxylation is 1. The number of nitrogens with zero attached hydrogens (tertiary/aromatic N) is 1. The molecule has 3 rings (SSSR count). The first-order valence-corrected chi connectivity index (χ1v) is 7.44. The Morgan fingerprint density at radius 1 is 1.04 bits per heavy atom. The predicted octanol–water partition coefficient (Wildman–Crippen LogP) is 4.51. The van der Waals surface area contributed by atoms with Crippen LogP contribution >= 0.6 is 0 Å². The number of benzene rings is 2. The van der Waals surface area contributed by atoms with E-state index in [1.165, 1.54) is 24.3 Å². The van der Waals surface area contributed by atoms with Crippen LogP contribution in [0.15, 0.2) is 59.4 Å².